The van der Waals surface area contributed by atoms with Crippen molar-refractivity contribution in [1.29, 1.82) is 0 Å². The first-order chi connectivity index (χ1) is 16.5. The second kappa shape index (κ2) is 9.82. The number of rotatable bonds is 7. The van der Waals surface area contributed by atoms with E-state index in [0.717, 1.165) is 5.56 Å². The van der Waals surface area contributed by atoms with Crippen LogP contribution in [0.1, 0.15) is 40.4 Å². The topological polar surface area (TPSA) is 90.0 Å². The Morgan fingerprint density at radius 1 is 1.06 bits per heavy atom. The normalized spacial score (nSPS) is 17.1. The molecule has 0 fully saturated rings. The number of fused-ring (bicyclic) bond motifs is 1. The molecule has 2 aromatic carbocycles. The Hall–Kier alpha value is -4.07. The van der Waals surface area contributed by atoms with E-state index >= 15 is 0 Å². The standard InChI is InChI=1S/C26H27N3O5/c1-5-34-20-11-7-6-10-19(20)28-25(30)23-17-13-21(32-3)22(33-4)14-18(17)26(31)29(2)24(23)16-9-8-12-27-15-16/h6-15,23-24H,5H2,1-4H3,(H,28,30). The van der Waals surface area contributed by atoms with Gasteiger partial charge in [-0.3, -0.25) is 14.6 Å². The van der Waals surface area contributed by atoms with Crippen LogP contribution in [-0.4, -0.2) is 49.6 Å². The maximum atomic E-state index is 13.9. The number of likely N-dealkylation sites (N-methyl/N-ethyl adjacent to an activating group) is 1. The summed E-state index contributed by atoms with van der Waals surface area (Å²) < 4.78 is 16.6. The summed E-state index contributed by atoms with van der Waals surface area (Å²) in [6.07, 6.45) is 3.33. The molecule has 0 spiro atoms. The van der Waals surface area contributed by atoms with E-state index in [0.29, 0.717) is 40.7 Å². The fourth-order valence-electron chi connectivity index (χ4n) is 4.36. The number of methoxy groups -OCH3 is 2. The van der Waals surface area contributed by atoms with Crippen molar-refractivity contribution in [3.63, 3.8) is 0 Å². The van der Waals surface area contributed by atoms with Gasteiger partial charge in [-0.2, -0.15) is 0 Å². The lowest BCUT2D eigenvalue weighted by molar-refractivity contribution is -0.119. The van der Waals surface area contributed by atoms with Crippen LogP contribution >= 0.6 is 0 Å². The average molecular weight is 462 g/mol. The Morgan fingerprint density at radius 3 is 2.47 bits per heavy atom. The van der Waals surface area contributed by atoms with E-state index in [1.54, 1.807) is 54.7 Å². The zero-order valence-corrected chi connectivity index (χ0v) is 19.6. The van der Waals surface area contributed by atoms with Crippen LogP contribution < -0.4 is 19.5 Å². The lowest BCUT2D eigenvalue weighted by atomic mass is 9.79. The molecule has 8 nitrogen and oxygen atoms in total. The van der Waals surface area contributed by atoms with Gasteiger partial charge in [-0.05, 0) is 48.4 Å². The number of para-hydroxylation sites is 2. The summed E-state index contributed by atoms with van der Waals surface area (Å²) in [5.41, 5.74) is 2.25. The number of ether oxygens (including phenoxy) is 3. The first-order valence-corrected chi connectivity index (χ1v) is 11.0. The fraction of sp³-hybridized carbons (Fsp3) is 0.269. The molecule has 0 aliphatic carbocycles. The Kier molecular flexibility index (Phi) is 6.67. The van der Waals surface area contributed by atoms with E-state index in [9.17, 15) is 9.59 Å². The van der Waals surface area contributed by atoms with E-state index in [-0.39, 0.29) is 11.8 Å². The first-order valence-electron chi connectivity index (χ1n) is 11.0. The highest BCUT2D eigenvalue weighted by Gasteiger charge is 2.43. The van der Waals surface area contributed by atoms with E-state index in [2.05, 4.69) is 10.3 Å². The van der Waals surface area contributed by atoms with Gasteiger partial charge in [0.05, 0.1) is 38.5 Å². The number of nitrogens with zero attached hydrogens (tertiary/aromatic N) is 2. The molecular formula is C26H27N3O5. The summed E-state index contributed by atoms with van der Waals surface area (Å²) in [5, 5.41) is 3.01. The van der Waals surface area contributed by atoms with Gasteiger partial charge >= 0.3 is 0 Å². The molecule has 2 atom stereocenters. The van der Waals surface area contributed by atoms with Crippen molar-refractivity contribution >= 4 is 17.5 Å². The van der Waals surface area contributed by atoms with Gasteiger partial charge in [0.1, 0.15) is 5.75 Å². The largest absolute Gasteiger partial charge is 0.493 e. The maximum absolute atomic E-state index is 13.9. The van der Waals surface area contributed by atoms with Crippen LogP contribution in [0.5, 0.6) is 17.2 Å². The molecule has 1 aromatic heterocycles. The highest BCUT2D eigenvalue weighted by atomic mass is 16.5. The van der Waals surface area contributed by atoms with Crippen molar-refractivity contribution < 1.29 is 23.8 Å². The van der Waals surface area contributed by atoms with Gasteiger partial charge in [0, 0.05) is 25.0 Å². The van der Waals surface area contributed by atoms with E-state index in [1.807, 2.05) is 25.1 Å². The Labute approximate surface area is 198 Å². The third kappa shape index (κ3) is 4.14. The molecule has 0 radical (unpaired) electrons. The SMILES string of the molecule is CCOc1ccccc1NC(=O)C1c2cc(OC)c(OC)cc2C(=O)N(C)C1c1cccnc1. The third-order valence-corrected chi connectivity index (χ3v) is 5.93. The van der Waals surface area contributed by atoms with Gasteiger partial charge < -0.3 is 24.4 Å². The minimum atomic E-state index is -0.739. The predicted octanol–water partition coefficient (Wildman–Crippen LogP) is 4.05. The minimum Gasteiger partial charge on any atom is -0.493 e. The van der Waals surface area contributed by atoms with E-state index < -0.39 is 12.0 Å². The Bertz CT molecular complexity index is 1200. The number of carbonyl (C=O) groups is 2. The molecule has 2 amide bonds. The fourth-order valence-corrected chi connectivity index (χ4v) is 4.36. The van der Waals surface area contributed by atoms with Crippen LogP contribution in [0.4, 0.5) is 5.69 Å². The summed E-state index contributed by atoms with van der Waals surface area (Å²) in [6.45, 7) is 2.35. The quantitative estimate of drug-likeness (QED) is 0.571. The van der Waals surface area contributed by atoms with E-state index in [4.69, 9.17) is 14.2 Å². The molecule has 2 unspecified atom stereocenters. The van der Waals surface area contributed by atoms with Gasteiger partial charge in [-0.1, -0.05) is 18.2 Å². The van der Waals surface area contributed by atoms with E-state index in [1.165, 1.54) is 14.2 Å². The Morgan fingerprint density at radius 2 is 1.79 bits per heavy atom. The lowest BCUT2D eigenvalue weighted by Crippen LogP contribution is -2.44. The summed E-state index contributed by atoms with van der Waals surface area (Å²) >= 11 is 0. The highest BCUT2D eigenvalue weighted by Crippen LogP contribution is 2.46. The summed E-state index contributed by atoms with van der Waals surface area (Å²) in [5.74, 6) is 0.192. The molecule has 2 heterocycles. The van der Waals surface area contributed by atoms with Gasteiger partial charge in [-0.15, -0.1) is 0 Å². The molecule has 176 valence electrons. The predicted molar refractivity (Wildman–Crippen MR) is 128 cm³/mol. The van der Waals surface area contributed by atoms with Crippen LogP contribution in [-0.2, 0) is 4.79 Å². The van der Waals surface area contributed by atoms with Crippen molar-refractivity contribution in [2.75, 3.05) is 33.2 Å². The Balaban J connectivity index is 1.86. The molecule has 1 N–H and O–H groups in total. The second-order valence-corrected chi connectivity index (χ2v) is 7.84. The highest BCUT2D eigenvalue weighted by molar-refractivity contribution is 6.05. The van der Waals surface area contributed by atoms with Crippen LogP contribution in [0.15, 0.2) is 60.9 Å². The molecule has 0 saturated heterocycles. The maximum Gasteiger partial charge on any atom is 0.254 e. The third-order valence-electron chi connectivity index (χ3n) is 5.93. The smallest absolute Gasteiger partial charge is 0.254 e. The van der Waals surface area contributed by atoms with Gasteiger partial charge in [0.2, 0.25) is 5.91 Å². The molecule has 0 saturated carbocycles. The number of aromatic nitrogens is 1. The zero-order valence-electron chi connectivity index (χ0n) is 19.6. The van der Waals surface area contributed by atoms with Crippen molar-refractivity contribution in [3.8, 4) is 17.2 Å². The number of benzene rings is 2. The summed E-state index contributed by atoms with van der Waals surface area (Å²) in [7, 11) is 4.72. The van der Waals surface area contributed by atoms with Crippen molar-refractivity contribution in [3.05, 3.63) is 77.6 Å². The summed E-state index contributed by atoms with van der Waals surface area (Å²) in [4.78, 5) is 33.1. The molecule has 4 rings (SSSR count). The molecule has 1 aliphatic rings. The molecule has 34 heavy (non-hydrogen) atoms. The number of nitrogens with one attached hydrogen (secondary N) is 1. The van der Waals surface area contributed by atoms with Gasteiger partial charge in [0.25, 0.3) is 5.91 Å². The number of hydrogen-bond acceptors (Lipinski definition) is 6. The van der Waals surface area contributed by atoms with Crippen molar-refractivity contribution in [2.45, 2.75) is 18.9 Å². The lowest BCUT2D eigenvalue weighted by Gasteiger charge is -2.40. The molecule has 0 bridgehead atoms. The zero-order chi connectivity index (χ0) is 24.2. The number of carbonyl (C=O) groups excluding carboxylic acids is 2. The molecule has 1 aliphatic heterocycles. The van der Waals surface area contributed by atoms with Crippen LogP contribution in [0, 0.1) is 0 Å². The molecule has 8 heteroatoms. The van der Waals surface area contributed by atoms with Crippen molar-refractivity contribution in [1.82, 2.24) is 9.88 Å². The number of amides is 2. The average Bonchev–Trinajstić information content (AvgIpc) is 2.87. The van der Waals surface area contributed by atoms with Crippen molar-refractivity contribution in [2.24, 2.45) is 0 Å². The van der Waals surface area contributed by atoms with Crippen LogP contribution in [0.2, 0.25) is 0 Å². The monoisotopic (exact) mass is 461 g/mol. The number of pyridine rings is 1. The molecule has 3 aromatic rings. The first kappa shape index (κ1) is 23.1. The number of anilines is 1. The van der Waals surface area contributed by atoms with Crippen LogP contribution in [0.25, 0.3) is 0 Å². The van der Waals surface area contributed by atoms with Gasteiger partial charge in [-0.25, -0.2) is 0 Å². The number of hydrogen-bond donors (Lipinski definition) is 1. The second-order valence-electron chi connectivity index (χ2n) is 7.84. The minimum absolute atomic E-state index is 0.219. The van der Waals surface area contributed by atoms with Crippen LogP contribution in [0.3, 0.4) is 0 Å². The summed E-state index contributed by atoms with van der Waals surface area (Å²) in [6, 6.07) is 13.7. The van der Waals surface area contributed by atoms with Gasteiger partial charge in [0.15, 0.2) is 11.5 Å². The molecular weight excluding hydrogens is 434 g/mol.